The van der Waals surface area contributed by atoms with Crippen molar-refractivity contribution in [1.29, 1.82) is 0 Å². The Labute approximate surface area is 611 Å². The van der Waals surface area contributed by atoms with E-state index in [2.05, 4.69) is 63.8 Å². The molecule has 17 amide bonds. The van der Waals surface area contributed by atoms with Gasteiger partial charge >= 0.3 is 17.9 Å². The van der Waals surface area contributed by atoms with Crippen LogP contribution < -0.4 is 81.0 Å². The number of rotatable bonds is 30. The van der Waals surface area contributed by atoms with Crippen LogP contribution in [-0.2, 0) is 102 Å². The molecule has 4 aliphatic heterocycles. The normalized spacial score (nSPS) is 23.5. The Morgan fingerprint density at radius 2 is 1.12 bits per heavy atom. The molecule has 0 unspecified atom stereocenters. The fraction of sp³-hybridized carbons (Fsp3) is 0.581. The molecule has 4 saturated heterocycles. The van der Waals surface area contributed by atoms with Gasteiger partial charge in [0.15, 0.2) is 0 Å². The highest BCUT2D eigenvalue weighted by Gasteiger charge is 2.43. The summed E-state index contributed by atoms with van der Waals surface area (Å²) >= 11 is 0. The molecule has 0 radical (unpaired) electrons. The number of hydrogen-bond acceptors (Lipinski definition) is 24. The van der Waals surface area contributed by atoms with Crippen LogP contribution in [0.1, 0.15) is 102 Å². The van der Waals surface area contributed by atoms with Crippen LogP contribution in [0.25, 0.3) is 0 Å². The van der Waals surface area contributed by atoms with E-state index in [1.54, 1.807) is 30.3 Å². The monoisotopic (exact) mass is 1530 g/mol. The number of amides is 17. The maximum atomic E-state index is 14.5. The Kier molecular flexibility index (Phi) is 34.2. The van der Waals surface area contributed by atoms with Gasteiger partial charge in [-0.3, -0.25) is 91.1 Å². The minimum atomic E-state index is -2.13. The number of carboxylic acid groups (broad SMARTS) is 3. The molecule has 1 aromatic rings. The number of primary amides is 3. The molecule has 0 bridgehead atoms. The number of hydrogen-bond donors (Lipinski definition) is 20. The molecular formula is C62H87N17O25S2. The van der Waals surface area contributed by atoms with Gasteiger partial charge in [-0.1, -0.05) is 51.9 Å². The van der Waals surface area contributed by atoms with Crippen molar-refractivity contribution in [2.45, 2.75) is 181 Å². The van der Waals surface area contributed by atoms with Crippen molar-refractivity contribution in [2.75, 3.05) is 44.4 Å². The van der Waals surface area contributed by atoms with E-state index in [0.29, 0.717) is 27.2 Å². The van der Waals surface area contributed by atoms with E-state index in [4.69, 9.17) is 17.2 Å². The van der Waals surface area contributed by atoms with Crippen LogP contribution in [-0.4, -0.2) is 277 Å². The summed E-state index contributed by atoms with van der Waals surface area (Å²) in [6, 6.07) is -13.8. The quantitative estimate of drug-likeness (QED) is 0.0318. The fourth-order valence-electron chi connectivity index (χ4n) is 11.4. The number of aliphatic hydroxyl groups is 2. The van der Waals surface area contributed by atoms with Gasteiger partial charge < -0.3 is 116 Å². The number of nitrogens with two attached hydrogens (primary N) is 3. The smallest absolute Gasteiger partial charge is 0.327 e. The van der Waals surface area contributed by atoms with Gasteiger partial charge in [0.25, 0.3) is 0 Å². The number of fused-ring (bicyclic) bond motifs is 1. The van der Waals surface area contributed by atoms with Crippen LogP contribution in [0.2, 0.25) is 0 Å². The molecule has 42 nitrogen and oxygen atoms in total. The molecule has 1 aromatic carbocycles. The van der Waals surface area contributed by atoms with E-state index in [1.807, 2.05) is 0 Å². The van der Waals surface area contributed by atoms with Crippen LogP contribution in [0.15, 0.2) is 30.3 Å². The number of aliphatic carboxylic acids is 3. The van der Waals surface area contributed by atoms with Crippen molar-refractivity contribution in [1.82, 2.24) is 73.6 Å². The molecule has 0 spiro atoms. The summed E-state index contributed by atoms with van der Waals surface area (Å²) in [5.74, 6) is -24.5. The lowest BCUT2D eigenvalue weighted by atomic mass is 10.0. The van der Waals surface area contributed by atoms with Gasteiger partial charge in [0.1, 0.15) is 78.5 Å². The minimum absolute atomic E-state index is 0.0515. The van der Waals surface area contributed by atoms with Crippen LogP contribution in [0.5, 0.6) is 0 Å². The summed E-state index contributed by atoms with van der Waals surface area (Å²) < 4.78 is 0. The Hall–Kier alpha value is -10.8. The summed E-state index contributed by atoms with van der Waals surface area (Å²) in [4.78, 5) is 269. The summed E-state index contributed by atoms with van der Waals surface area (Å²) in [7, 11) is 1.29. The first kappa shape index (κ1) is 85.9. The molecule has 582 valence electrons. The van der Waals surface area contributed by atoms with Gasteiger partial charge in [-0.25, -0.2) is 4.79 Å². The van der Waals surface area contributed by atoms with Gasteiger partial charge in [-0.2, -0.15) is 0 Å². The molecule has 13 atom stereocenters. The third-order valence-corrected chi connectivity index (χ3v) is 19.4. The van der Waals surface area contributed by atoms with Crippen molar-refractivity contribution in [3.8, 4) is 0 Å². The number of carbonyl (C=O) groups is 20. The van der Waals surface area contributed by atoms with Gasteiger partial charge in [-0.05, 0) is 63.4 Å². The first-order chi connectivity index (χ1) is 50.2. The van der Waals surface area contributed by atoms with Crippen molar-refractivity contribution < 1.29 is 121 Å². The topological polar surface area (TPSA) is 671 Å². The highest BCUT2D eigenvalue weighted by atomic mass is 33.1. The number of nitrogens with one attached hydrogen (secondary N) is 12. The molecule has 0 aliphatic carbocycles. The highest BCUT2D eigenvalue weighted by molar-refractivity contribution is 8.76. The first-order valence-electron chi connectivity index (χ1n) is 33.4. The van der Waals surface area contributed by atoms with Crippen molar-refractivity contribution in [2.24, 2.45) is 17.2 Å². The second-order valence-corrected chi connectivity index (χ2v) is 27.5. The standard InChI is InChI=1S/C62H87N17O25S2/c63-43(82)15-10-30-50(91)66-24-47(86)68-32(13-18-48(87)88)52(93)74-37(25-80)56(97)71-34(11-16-44(64)83)60(101)78-20-4-9-42(78)59(100)77-40(62(103)104)28-106-105-27-39(57(98)69-30)76-55(96)36(23-45(65)84)73-53(94)33(14-19-49(89)90)70-58(99)41-8-5-21-79(41)61(102)38(26-81)75-54(95)35(22-29-6-2-1-3-7-29)72-51(92)31-12-17-46(85)67-31/h1-3,6-7,30-42,80-81H,4-5,8-28H2,(H2,63,82)(H2,64,83)(H2,65,84)(H,66,91)(H,67,85)(H,68,86)(H,69,98)(H,70,99)(H,71,97)(H,72,92)(H,73,94)(H,74,93)(H,75,95)(H,76,96)(H,77,100)(H,87,88)(H,89,90)(H,103,104)/t30-,31-,32-,33-,34+,35-,36-,37-,38-,39-,40-,41-,42-/m0/s1. The average molecular weight is 1530 g/mol. The maximum absolute atomic E-state index is 14.5. The predicted molar refractivity (Wildman–Crippen MR) is 364 cm³/mol. The Balaban J connectivity index is 1.43. The maximum Gasteiger partial charge on any atom is 0.327 e. The number of likely N-dealkylation sites (tertiary alicyclic amines) is 1. The van der Waals surface area contributed by atoms with Gasteiger partial charge in [0.05, 0.1) is 26.2 Å². The van der Waals surface area contributed by atoms with E-state index < -0.39 is 286 Å². The number of carboxylic acids is 3. The number of carbonyl (C=O) groups excluding carboxylic acids is 17. The van der Waals surface area contributed by atoms with Gasteiger partial charge in [0, 0.05) is 63.1 Å². The third kappa shape index (κ3) is 27.4. The van der Waals surface area contributed by atoms with E-state index in [0.717, 1.165) is 9.80 Å². The van der Waals surface area contributed by atoms with Crippen LogP contribution in [0, 0.1) is 0 Å². The molecule has 23 N–H and O–H groups in total. The summed E-state index contributed by atoms with van der Waals surface area (Å²) in [5.41, 5.74) is 16.8. The van der Waals surface area contributed by atoms with E-state index in [1.165, 1.54) is 0 Å². The van der Waals surface area contributed by atoms with E-state index in [-0.39, 0.29) is 58.0 Å². The van der Waals surface area contributed by atoms with E-state index >= 15 is 0 Å². The third-order valence-electron chi connectivity index (χ3n) is 17.0. The van der Waals surface area contributed by atoms with Crippen molar-refractivity contribution >= 4 is 140 Å². The summed E-state index contributed by atoms with van der Waals surface area (Å²) in [6.07, 6.45) is -6.38. The zero-order valence-electron chi connectivity index (χ0n) is 57.0. The number of aliphatic hydroxyl groups excluding tert-OH is 2. The first-order valence-corrected chi connectivity index (χ1v) is 35.9. The summed E-state index contributed by atoms with van der Waals surface area (Å²) in [5, 5.41) is 77.9. The Morgan fingerprint density at radius 3 is 1.74 bits per heavy atom. The lowest BCUT2D eigenvalue weighted by Crippen LogP contribution is -2.61. The lowest BCUT2D eigenvalue weighted by molar-refractivity contribution is -0.144. The van der Waals surface area contributed by atoms with Crippen molar-refractivity contribution in [3.63, 3.8) is 0 Å². The SMILES string of the molecule is NC(=O)CC[C@@H]1NC(=O)[C@@H](NC(=O)[C@H](CC(N)=O)NC(=O)[C@H](CCC(=O)O)NC(=O)[C@@H]2CCCN2C(=O)[C@H](CO)NC(=O)[C@H](Cc2ccccc2)NC(=O)[C@@H]2CCC(=O)N2)CSSC[C@@H](C(=O)O)NC(=O)[C@@H]2CCCN2C(=O)[C@@H](CCC(N)=O)NC(=O)[C@H](CO)NC(=O)[C@H](CCC(=O)O)NC(=O)CNC1=O. The van der Waals surface area contributed by atoms with E-state index in [9.17, 15) is 121 Å². The van der Waals surface area contributed by atoms with Crippen molar-refractivity contribution in [3.05, 3.63) is 35.9 Å². The Bertz CT molecular complexity index is 3490. The molecule has 5 rings (SSSR count). The Morgan fingerprint density at radius 1 is 0.538 bits per heavy atom. The molecular weight excluding hydrogens is 1450 g/mol. The highest BCUT2D eigenvalue weighted by Crippen LogP contribution is 2.26. The zero-order valence-corrected chi connectivity index (χ0v) is 58.6. The molecule has 106 heavy (non-hydrogen) atoms. The van der Waals surface area contributed by atoms with Crippen LogP contribution in [0.3, 0.4) is 0 Å². The second kappa shape index (κ2) is 42.3. The lowest BCUT2D eigenvalue weighted by Gasteiger charge is -2.30. The van der Waals surface area contributed by atoms with Crippen LogP contribution in [0.4, 0.5) is 0 Å². The zero-order chi connectivity index (χ0) is 78.5. The van der Waals surface area contributed by atoms with Gasteiger partial charge in [-0.15, -0.1) is 0 Å². The molecule has 0 saturated carbocycles. The molecule has 4 aliphatic rings. The van der Waals surface area contributed by atoms with Gasteiger partial charge in [0.2, 0.25) is 100 Å². The second-order valence-electron chi connectivity index (χ2n) is 24.9. The fourth-order valence-corrected chi connectivity index (χ4v) is 13.7. The van der Waals surface area contributed by atoms with Crippen LogP contribution >= 0.6 is 21.6 Å². The molecule has 0 aromatic heterocycles. The molecule has 4 fully saturated rings. The average Bonchev–Trinajstić information content (AvgIpc) is 1.65. The number of nitrogens with zero attached hydrogens (tertiary/aromatic N) is 2. The molecule has 44 heteroatoms. The number of benzene rings is 1. The largest absolute Gasteiger partial charge is 0.481 e. The predicted octanol–water partition coefficient (Wildman–Crippen LogP) is -9.95. The summed E-state index contributed by atoms with van der Waals surface area (Å²) in [6.45, 7) is -3.64. The minimum Gasteiger partial charge on any atom is -0.481 e. The molecule has 4 heterocycles.